The first kappa shape index (κ1) is 15.3. The minimum Gasteiger partial charge on any atom is -0.493 e. The lowest BCUT2D eigenvalue weighted by atomic mass is 9.69. The first-order valence-electron chi connectivity index (χ1n) is 7.23. The third kappa shape index (κ3) is 2.81. The van der Waals surface area contributed by atoms with Crippen LogP contribution in [0.3, 0.4) is 0 Å². The number of methoxy groups -OCH3 is 2. The van der Waals surface area contributed by atoms with E-state index in [-0.39, 0.29) is 11.2 Å². The minimum absolute atomic E-state index is 0.159. The van der Waals surface area contributed by atoms with Gasteiger partial charge in [0.2, 0.25) is 0 Å². The van der Waals surface area contributed by atoms with Crippen molar-refractivity contribution in [2.24, 2.45) is 5.73 Å². The highest BCUT2D eigenvalue weighted by atomic mass is 19.1. The maximum Gasteiger partial charge on any atom is 0.165 e. The Balaban J connectivity index is 2.50. The van der Waals surface area contributed by atoms with E-state index in [1.54, 1.807) is 7.11 Å². The fraction of sp³-hybridized carbons (Fsp3) is 0.625. The van der Waals surface area contributed by atoms with Crippen LogP contribution in [0.4, 0.5) is 4.39 Å². The number of ether oxygens (including phenoxy) is 2. The molecule has 112 valence electrons. The first-order valence-corrected chi connectivity index (χ1v) is 7.23. The average Bonchev–Trinajstić information content (AvgIpc) is 2.48. The molecular weight excluding hydrogens is 257 g/mol. The van der Waals surface area contributed by atoms with Crippen LogP contribution in [0.1, 0.15) is 43.2 Å². The number of rotatable bonds is 5. The second-order valence-electron chi connectivity index (χ2n) is 5.64. The summed E-state index contributed by atoms with van der Waals surface area (Å²) in [5.74, 6) is 0.0210. The van der Waals surface area contributed by atoms with Gasteiger partial charge in [0.05, 0.1) is 13.7 Å². The van der Waals surface area contributed by atoms with Crippen LogP contribution in [0.5, 0.6) is 5.75 Å². The second kappa shape index (κ2) is 6.55. The number of nitrogens with two attached hydrogens (primary N) is 1. The maximum absolute atomic E-state index is 14.3. The average molecular weight is 281 g/mol. The van der Waals surface area contributed by atoms with Gasteiger partial charge in [-0.15, -0.1) is 0 Å². The van der Waals surface area contributed by atoms with Gasteiger partial charge in [0.25, 0.3) is 0 Å². The maximum atomic E-state index is 14.3. The molecule has 0 atom stereocenters. The van der Waals surface area contributed by atoms with Crippen LogP contribution >= 0.6 is 0 Å². The molecule has 0 spiro atoms. The molecule has 3 nitrogen and oxygen atoms in total. The lowest BCUT2D eigenvalue weighted by molar-refractivity contribution is 0.184. The molecule has 1 fully saturated rings. The lowest BCUT2D eigenvalue weighted by Crippen LogP contribution is -2.37. The van der Waals surface area contributed by atoms with Gasteiger partial charge in [-0.05, 0) is 30.5 Å². The number of hydrogen-bond donors (Lipinski definition) is 1. The standard InChI is InChI=1S/C16H24FNO2/c1-19-10-12-8-13(15(20-2)14(17)9-12)16(11-18)6-4-3-5-7-16/h8-9H,3-7,10-11,18H2,1-2H3. The molecule has 1 aromatic carbocycles. The predicted molar refractivity (Wildman–Crippen MR) is 77.5 cm³/mol. The predicted octanol–water partition coefficient (Wildman–Crippen LogP) is 3.14. The molecule has 4 heteroatoms. The molecule has 0 unspecified atom stereocenters. The van der Waals surface area contributed by atoms with Crippen molar-refractivity contribution < 1.29 is 13.9 Å². The van der Waals surface area contributed by atoms with Crippen molar-refractivity contribution >= 4 is 0 Å². The third-order valence-corrected chi connectivity index (χ3v) is 4.39. The van der Waals surface area contributed by atoms with Gasteiger partial charge in [-0.25, -0.2) is 4.39 Å². The summed E-state index contributed by atoms with van der Waals surface area (Å²) >= 11 is 0. The van der Waals surface area contributed by atoms with Crippen molar-refractivity contribution in [3.8, 4) is 5.75 Å². The van der Waals surface area contributed by atoms with E-state index >= 15 is 0 Å². The molecule has 0 aromatic heterocycles. The molecule has 2 N–H and O–H groups in total. The van der Waals surface area contributed by atoms with Crippen LogP contribution in [0, 0.1) is 5.82 Å². The van der Waals surface area contributed by atoms with Crippen LogP contribution in [0.2, 0.25) is 0 Å². The van der Waals surface area contributed by atoms with Crippen LogP contribution in [0.15, 0.2) is 12.1 Å². The fourth-order valence-electron chi connectivity index (χ4n) is 3.31. The number of benzene rings is 1. The van der Waals surface area contributed by atoms with E-state index in [4.69, 9.17) is 15.2 Å². The summed E-state index contributed by atoms with van der Waals surface area (Å²) in [5.41, 5.74) is 7.64. The molecule has 1 aliphatic carbocycles. The minimum atomic E-state index is -0.324. The normalized spacial score (nSPS) is 18.0. The first-order chi connectivity index (χ1) is 9.66. The van der Waals surface area contributed by atoms with E-state index < -0.39 is 0 Å². The van der Waals surface area contributed by atoms with Gasteiger partial charge in [0.15, 0.2) is 11.6 Å². The Morgan fingerprint density at radius 3 is 2.45 bits per heavy atom. The zero-order valence-electron chi connectivity index (χ0n) is 12.4. The summed E-state index contributed by atoms with van der Waals surface area (Å²) in [6.45, 7) is 0.924. The van der Waals surface area contributed by atoms with Gasteiger partial charge in [-0.1, -0.05) is 19.3 Å². The molecule has 2 rings (SSSR count). The summed E-state index contributed by atoms with van der Waals surface area (Å²) in [7, 11) is 3.13. The highest BCUT2D eigenvalue weighted by Crippen LogP contribution is 2.44. The number of halogens is 1. The molecule has 20 heavy (non-hydrogen) atoms. The molecule has 0 saturated heterocycles. The van der Waals surface area contributed by atoms with Gasteiger partial charge in [-0.2, -0.15) is 0 Å². The molecule has 1 aromatic rings. The van der Waals surface area contributed by atoms with Crippen molar-refractivity contribution in [3.63, 3.8) is 0 Å². The SMILES string of the molecule is COCc1cc(F)c(OC)c(C2(CN)CCCCC2)c1. The zero-order valence-corrected chi connectivity index (χ0v) is 12.4. The molecule has 1 saturated carbocycles. The van der Waals surface area contributed by atoms with Crippen molar-refractivity contribution in [1.82, 2.24) is 0 Å². The zero-order chi connectivity index (χ0) is 14.6. The van der Waals surface area contributed by atoms with Gasteiger partial charge in [0, 0.05) is 24.6 Å². The molecule has 0 bridgehead atoms. The monoisotopic (exact) mass is 281 g/mol. The van der Waals surface area contributed by atoms with Crippen LogP contribution in [-0.4, -0.2) is 20.8 Å². The van der Waals surface area contributed by atoms with Crippen LogP contribution < -0.4 is 10.5 Å². The topological polar surface area (TPSA) is 44.5 Å². The molecule has 0 heterocycles. The summed E-state index contributed by atoms with van der Waals surface area (Å²) in [4.78, 5) is 0. The van der Waals surface area contributed by atoms with Crippen LogP contribution in [-0.2, 0) is 16.8 Å². The van der Waals surface area contributed by atoms with Gasteiger partial charge in [0.1, 0.15) is 0 Å². The van der Waals surface area contributed by atoms with Crippen LogP contribution in [0.25, 0.3) is 0 Å². The molecule has 0 radical (unpaired) electrons. The summed E-state index contributed by atoms with van der Waals surface area (Å²) in [6, 6.07) is 3.49. The molecule has 0 amide bonds. The van der Waals surface area contributed by atoms with Crippen molar-refractivity contribution in [1.29, 1.82) is 0 Å². The fourth-order valence-corrected chi connectivity index (χ4v) is 3.31. The van der Waals surface area contributed by atoms with E-state index in [1.165, 1.54) is 19.6 Å². The Bertz CT molecular complexity index is 456. The second-order valence-corrected chi connectivity index (χ2v) is 5.64. The molecule has 0 aliphatic heterocycles. The highest BCUT2D eigenvalue weighted by Gasteiger charge is 2.36. The van der Waals surface area contributed by atoms with Gasteiger partial charge < -0.3 is 15.2 Å². The van der Waals surface area contributed by atoms with Crippen molar-refractivity contribution in [2.75, 3.05) is 20.8 Å². The lowest BCUT2D eigenvalue weighted by Gasteiger charge is -2.38. The largest absolute Gasteiger partial charge is 0.493 e. The Hall–Kier alpha value is -1.13. The quantitative estimate of drug-likeness (QED) is 0.901. The summed E-state index contributed by atoms with van der Waals surface area (Å²) < 4.78 is 24.7. The smallest absolute Gasteiger partial charge is 0.165 e. The van der Waals surface area contributed by atoms with Crippen molar-refractivity contribution in [3.05, 3.63) is 29.1 Å². The molecular formula is C16H24FNO2. The summed E-state index contributed by atoms with van der Waals surface area (Å²) in [5, 5.41) is 0. The summed E-state index contributed by atoms with van der Waals surface area (Å²) in [6.07, 6.45) is 5.49. The highest BCUT2D eigenvalue weighted by molar-refractivity contribution is 5.44. The Morgan fingerprint density at radius 1 is 1.20 bits per heavy atom. The van der Waals surface area contributed by atoms with E-state index in [0.717, 1.165) is 36.8 Å². The van der Waals surface area contributed by atoms with E-state index in [2.05, 4.69) is 0 Å². The van der Waals surface area contributed by atoms with Gasteiger partial charge >= 0.3 is 0 Å². The Labute approximate surface area is 120 Å². The van der Waals surface area contributed by atoms with E-state index in [9.17, 15) is 4.39 Å². The third-order valence-electron chi connectivity index (χ3n) is 4.39. The van der Waals surface area contributed by atoms with Gasteiger partial charge in [-0.3, -0.25) is 0 Å². The van der Waals surface area contributed by atoms with E-state index in [1.807, 2.05) is 6.07 Å². The molecule has 1 aliphatic rings. The van der Waals surface area contributed by atoms with E-state index in [0.29, 0.717) is 18.9 Å². The number of hydrogen-bond acceptors (Lipinski definition) is 3. The Kier molecular flexibility index (Phi) is 5.00. The van der Waals surface area contributed by atoms with Crippen molar-refractivity contribution in [2.45, 2.75) is 44.1 Å². The Morgan fingerprint density at radius 2 is 1.90 bits per heavy atom.